The average molecular weight is 618 g/mol. The van der Waals surface area contributed by atoms with Crippen molar-refractivity contribution >= 4 is 46.4 Å². The van der Waals surface area contributed by atoms with Gasteiger partial charge in [-0.25, -0.2) is 0 Å². The highest BCUT2D eigenvalue weighted by molar-refractivity contribution is 6.42. The summed E-state index contributed by atoms with van der Waals surface area (Å²) in [5, 5.41) is 2.13. The number of nitrogens with two attached hydrogens (primary N) is 1. The van der Waals surface area contributed by atoms with Gasteiger partial charge >= 0.3 is 0 Å². The standard InChI is InChI=1S/C32H32Cl4N2O2/c33-29-13-7-25(17-31(29)35)21-39-27-9-3-23(4-10-27)19-38(16-2-1-15-37)20-24-5-11-28(12-6-24)40-22-26-8-14-30(34)32(36)18-26/h3-14,17-18H,1-2,15-16,19-22,37H2. The molecular formula is C32H32Cl4N2O2. The molecule has 0 heterocycles. The van der Waals surface area contributed by atoms with Crippen molar-refractivity contribution in [3.05, 3.63) is 127 Å². The Morgan fingerprint density at radius 2 is 0.950 bits per heavy atom. The summed E-state index contributed by atoms with van der Waals surface area (Å²) in [6, 6.07) is 27.5. The minimum absolute atomic E-state index is 0.425. The van der Waals surface area contributed by atoms with Crippen molar-refractivity contribution in [2.75, 3.05) is 13.1 Å². The van der Waals surface area contributed by atoms with Crippen molar-refractivity contribution in [2.45, 2.75) is 39.1 Å². The van der Waals surface area contributed by atoms with Gasteiger partial charge in [0.2, 0.25) is 0 Å². The van der Waals surface area contributed by atoms with Gasteiger partial charge in [0.1, 0.15) is 24.7 Å². The van der Waals surface area contributed by atoms with E-state index in [9.17, 15) is 0 Å². The molecule has 0 aromatic heterocycles. The molecule has 0 spiro atoms. The van der Waals surface area contributed by atoms with E-state index in [-0.39, 0.29) is 0 Å². The molecular weight excluding hydrogens is 586 g/mol. The van der Waals surface area contributed by atoms with Crippen LogP contribution in [0.2, 0.25) is 20.1 Å². The zero-order chi connectivity index (χ0) is 28.3. The Kier molecular flexibility index (Phi) is 11.8. The molecule has 40 heavy (non-hydrogen) atoms. The molecule has 210 valence electrons. The predicted molar refractivity (Wildman–Crippen MR) is 167 cm³/mol. The maximum absolute atomic E-state index is 6.11. The van der Waals surface area contributed by atoms with Gasteiger partial charge in [-0.2, -0.15) is 0 Å². The zero-order valence-corrected chi connectivity index (χ0v) is 25.1. The highest BCUT2D eigenvalue weighted by Crippen LogP contribution is 2.25. The van der Waals surface area contributed by atoms with E-state index in [1.807, 2.05) is 48.5 Å². The zero-order valence-electron chi connectivity index (χ0n) is 22.1. The number of halogens is 4. The number of rotatable bonds is 14. The van der Waals surface area contributed by atoms with Crippen LogP contribution in [0.25, 0.3) is 0 Å². The molecule has 4 nitrogen and oxygen atoms in total. The van der Waals surface area contributed by atoms with Gasteiger partial charge in [-0.05, 0) is 96.7 Å². The molecule has 0 aliphatic carbocycles. The Hall–Kier alpha value is -2.44. The summed E-state index contributed by atoms with van der Waals surface area (Å²) >= 11 is 24.2. The second kappa shape index (κ2) is 15.5. The maximum Gasteiger partial charge on any atom is 0.119 e. The van der Waals surface area contributed by atoms with Gasteiger partial charge in [-0.1, -0.05) is 82.8 Å². The molecule has 4 aromatic carbocycles. The fraction of sp³-hybridized carbons (Fsp3) is 0.250. The SMILES string of the molecule is NCCCCN(Cc1ccc(OCc2ccc(Cl)c(Cl)c2)cc1)Cc1ccc(OCc2ccc(Cl)c(Cl)c2)cc1. The molecule has 0 unspecified atom stereocenters. The minimum atomic E-state index is 0.425. The second-order valence-electron chi connectivity index (χ2n) is 9.57. The lowest BCUT2D eigenvalue weighted by Gasteiger charge is -2.23. The first-order chi connectivity index (χ1) is 19.4. The highest BCUT2D eigenvalue weighted by atomic mass is 35.5. The second-order valence-corrected chi connectivity index (χ2v) is 11.2. The largest absolute Gasteiger partial charge is 0.489 e. The highest BCUT2D eigenvalue weighted by Gasteiger charge is 2.09. The molecule has 8 heteroatoms. The summed E-state index contributed by atoms with van der Waals surface area (Å²) in [5.41, 5.74) is 10.1. The van der Waals surface area contributed by atoms with Crippen LogP contribution in [0.4, 0.5) is 0 Å². The van der Waals surface area contributed by atoms with E-state index in [0.717, 1.165) is 55.1 Å². The van der Waals surface area contributed by atoms with E-state index in [0.29, 0.717) is 39.8 Å². The van der Waals surface area contributed by atoms with E-state index >= 15 is 0 Å². The van der Waals surface area contributed by atoms with Gasteiger partial charge in [-0.15, -0.1) is 0 Å². The van der Waals surface area contributed by atoms with E-state index < -0.39 is 0 Å². The Morgan fingerprint density at radius 1 is 0.525 bits per heavy atom. The van der Waals surface area contributed by atoms with Crippen LogP contribution in [0.5, 0.6) is 11.5 Å². The topological polar surface area (TPSA) is 47.7 Å². The first-order valence-electron chi connectivity index (χ1n) is 13.1. The van der Waals surface area contributed by atoms with Gasteiger partial charge in [0.25, 0.3) is 0 Å². The van der Waals surface area contributed by atoms with Gasteiger partial charge in [0.15, 0.2) is 0 Å². The number of unbranched alkanes of at least 4 members (excludes halogenated alkanes) is 1. The van der Waals surface area contributed by atoms with E-state index in [1.54, 1.807) is 12.1 Å². The van der Waals surface area contributed by atoms with Gasteiger partial charge < -0.3 is 15.2 Å². The quantitative estimate of drug-likeness (QED) is 0.143. The smallest absolute Gasteiger partial charge is 0.119 e. The van der Waals surface area contributed by atoms with Crippen LogP contribution in [0.15, 0.2) is 84.9 Å². The molecule has 0 saturated carbocycles. The van der Waals surface area contributed by atoms with E-state index in [1.165, 1.54) is 11.1 Å². The third-order valence-corrected chi connectivity index (χ3v) is 7.84. The Morgan fingerprint density at radius 3 is 1.35 bits per heavy atom. The Balaban J connectivity index is 1.32. The Bertz CT molecular complexity index is 1260. The molecule has 0 saturated heterocycles. The molecule has 0 aliphatic rings. The maximum atomic E-state index is 6.11. The van der Waals surface area contributed by atoms with Crippen LogP contribution < -0.4 is 15.2 Å². The monoisotopic (exact) mass is 616 g/mol. The number of hydrogen-bond acceptors (Lipinski definition) is 4. The van der Waals surface area contributed by atoms with Crippen LogP contribution in [-0.4, -0.2) is 18.0 Å². The van der Waals surface area contributed by atoms with Crippen LogP contribution in [-0.2, 0) is 26.3 Å². The average Bonchev–Trinajstić information content (AvgIpc) is 2.96. The van der Waals surface area contributed by atoms with Crippen molar-refractivity contribution < 1.29 is 9.47 Å². The van der Waals surface area contributed by atoms with Crippen molar-refractivity contribution in [1.29, 1.82) is 0 Å². The molecule has 2 N–H and O–H groups in total. The van der Waals surface area contributed by atoms with Crippen molar-refractivity contribution in [3.63, 3.8) is 0 Å². The van der Waals surface area contributed by atoms with Crippen LogP contribution in [0.1, 0.15) is 35.1 Å². The fourth-order valence-corrected chi connectivity index (χ4v) is 4.83. The molecule has 0 amide bonds. The van der Waals surface area contributed by atoms with Crippen molar-refractivity contribution in [1.82, 2.24) is 4.90 Å². The summed E-state index contributed by atoms with van der Waals surface area (Å²) < 4.78 is 11.9. The molecule has 0 bridgehead atoms. The predicted octanol–water partition coefficient (Wildman–Crippen LogP) is 9.20. The summed E-state index contributed by atoms with van der Waals surface area (Å²) in [7, 11) is 0. The summed E-state index contributed by atoms with van der Waals surface area (Å²) in [6.07, 6.45) is 2.05. The lowest BCUT2D eigenvalue weighted by atomic mass is 10.1. The van der Waals surface area contributed by atoms with Crippen LogP contribution in [0.3, 0.4) is 0 Å². The number of benzene rings is 4. The lowest BCUT2D eigenvalue weighted by molar-refractivity contribution is 0.251. The van der Waals surface area contributed by atoms with Crippen molar-refractivity contribution in [2.24, 2.45) is 5.73 Å². The Labute approximate surface area is 256 Å². The molecule has 0 aliphatic heterocycles. The van der Waals surface area contributed by atoms with E-state index in [4.69, 9.17) is 61.6 Å². The fourth-order valence-electron chi connectivity index (χ4n) is 4.18. The van der Waals surface area contributed by atoms with Crippen LogP contribution in [0, 0.1) is 0 Å². The van der Waals surface area contributed by atoms with E-state index in [2.05, 4.69) is 29.2 Å². The molecule has 4 rings (SSSR count). The number of nitrogens with zero attached hydrogens (tertiary/aromatic N) is 1. The lowest BCUT2D eigenvalue weighted by Crippen LogP contribution is -2.24. The van der Waals surface area contributed by atoms with Crippen LogP contribution >= 0.6 is 46.4 Å². The third-order valence-electron chi connectivity index (χ3n) is 6.37. The molecule has 0 radical (unpaired) electrons. The molecule has 0 fully saturated rings. The van der Waals surface area contributed by atoms with Gasteiger partial charge in [0.05, 0.1) is 20.1 Å². The van der Waals surface area contributed by atoms with Crippen molar-refractivity contribution in [3.8, 4) is 11.5 Å². The summed E-state index contributed by atoms with van der Waals surface area (Å²) in [4.78, 5) is 2.44. The minimum Gasteiger partial charge on any atom is -0.489 e. The van der Waals surface area contributed by atoms with Gasteiger partial charge in [0, 0.05) is 13.1 Å². The van der Waals surface area contributed by atoms with Gasteiger partial charge in [-0.3, -0.25) is 4.90 Å². The summed E-state index contributed by atoms with van der Waals surface area (Å²) in [6.45, 7) is 4.16. The number of hydrogen-bond donors (Lipinski definition) is 1. The number of ether oxygens (including phenoxy) is 2. The first kappa shape index (κ1) is 30.5. The first-order valence-corrected chi connectivity index (χ1v) is 14.6. The summed E-state index contributed by atoms with van der Waals surface area (Å²) in [5.74, 6) is 1.61. The normalized spacial score (nSPS) is 11.2. The molecule has 4 aromatic rings. The molecule has 0 atom stereocenters. The third kappa shape index (κ3) is 9.59.